The number of rotatable bonds is 10. The fourth-order valence-corrected chi connectivity index (χ4v) is 5.02. The van der Waals surface area contributed by atoms with Crippen LogP contribution < -0.4 is 18.9 Å². The van der Waals surface area contributed by atoms with Gasteiger partial charge in [0, 0.05) is 34.3 Å². The van der Waals surface area contributed by atoms with E-state index in [4.69, 9.17) is 23.9 Å². The summed E-state index contributed by atoms with van der Waals surface area (Å²) in [6.07, 6.45) is 1.42. The molecule has 1 heterocycles. The summed E-state index contributed by atoms with van der Waals surface area (Å²) in [5.74, 6) is 2.78. The molecule has 4 aromatic carbocycles. The second-order valence-corrected chi connectivity index (χ2v) is 9.88. The highest BCUT2D eigenvalue weighted by molar-refractivity contribution is 9.10. The molecule has 0 radical (unpaired) electrons. The topological polar surface area (TPSA) is 49.3 Å². The van der Waals surface area contributed by atoms with E-state index in [1.807, 2.05) is 66.7 Å². The Labute approximate surface area is 232 Å². The van der Waals surface area contributed by atoms with E-state index in [0.29, 0.717) is 43.4 Å². The van der Waals surface area contributed by atoms with Gasteiger partial charge >= 0.3 is 0 Å². The van der Waals surface area contributed by atoms with Crippen molar-refractivity contribution in [1.82, 2.24) is 0 Å². The fourth-order valence-electron chi connectivity index (χ4n) is 4.63. The molecule has 0 aliphatic carbocycles. The molecular weight excluding hydrogens is 542 g/mol. The lowest BCUT2D eigenvalue weighted by Crippen LogP contribution is -2.17. The number of nitrogens with zero attached hydrogens (tertiary/aromatic N) is 1. The molecule has 1 aliphatic heterocycles. The quantitative estimate of drug-likeness (QED) is 0.202. The second kappa shape index (κ2) is 12.2. The smallest absolute Gasteiger partial charge is 0.204 e. The highest BCUT2D eigenvalue weighted by Crippen LogP contribution is 2.44. The van der Waals surface area contributed by atoms with Gasteiger partial charge in [-0.2, -0.15) is 0 Å². The molecule has 5 nitrogen and oxygen atoms in total. The van der Waals surface area contributed by atoms with Crippen molar-refractivity contribution in [2.24, 2.45) is 4.99 Å². The van der Waals surface area contributed by atoms with Gasteiger partial charge in [-0.3, -0.25) is 4.99 Å². The van der Waals surface area contributed by atoms with Crippen LogP contribution in [-0.2, 0) is 26.1 Å². The maximum Gasteiger partial charge on any atom is 0.204 e. The number of hydrogen-bond donors (Lipinski definition) is 0. The summed E-state index contributed by atoms with van der Waals surface area (Å²) in [4.78, 5) is 4.91. The van der Waals surface area contributed by atoms with Crippen LogP contribution in [0.5, 0.6) is 23.0 Å². The predicted molar refractivity (Wildman–Crippen MR) is 154 cm³/mol. The zero-order valence-corrected chi connectivity index (χ0v) is 23.2. The average Bonchev–Trinajstić information content (AvgIpc) is 2.97. The molecule has 0 fully saturated rings. The normalized spacial score (nSPS) is 12.3. The molecule has 0 spiro atoms. The van der Waals surface area contributed by atoms with Crippen molar-refractivity contribution < 1.29 is 18.9 Å². The third-order valence-corrected chi connectivity index (χ3v) is 7.33. The standard InChI is InChI=1S/C32H30BrNO4/c1-35-30-19-27-26(31(36-2)32(30)38-21-23-11-7-4-8-12-23)15-16-34-29(27)18-24-17-25(13-14-28(24)33)37-20-22-9-5-3-6-10-22/h3-14,17,19H,15-16,18,20-21H2,1-2H3. The molecular formula is C32H30BrNO4. The monoisotopic (exact) mass is 571 g/mol. The van der Waals surface area contributed by atoms with Crippen molar-refractivity contribution in [3.05, 3.63) is 117 Å². The Morgan fingerprint density at radius 1 is 0.763 bits per heavy atom. The van der Waals surface area contributed by atoms with Gasteiger partial charge in [-0.15, -0.1) is 0 Å². The minimum absolute atomic E-state index is 0.427. The maximum absolute atomic E-state index is 6.24. The second-order valence-electron chi connectivity index (χ2n) is 9.02. The van der Waals surface area contributed by atoms with Gasteiger partial charge in [0.2, 0.25) is 5.75 Å². The summed E-state index contributed by atoms with van der Waals surface area (Å²) < 4.78 is 25.0. The molecule has 1 aliphatic rings. The van der Waals surface area contributed by atoms with Gasteiger partial charge in [-0.25, -0.2) is 0 Å². The molecule has 0 saturated carbocycles. The van der Waals surface area contributed by atoms with Crippen molar-refractivity contribution in [3.8, 4) is 23.0 Å². The van der Waals surface area contributed by atoms with Crippen LogP contribution >= 0.6 is 15.9 Å². The Hall–Kier alpha value is -3.77. The van der Waals surface area contributed by atoms with Gasteiger partial charge in [0.15, 0.2) is 11.5 Å². The van der Waals surface area contributed by atoms with E-state index in [9.17, 15) is 0 Å². The van der Waals surface area contributed by atoms with E-state index in [1.54, 1.807) is 14.2 Å². The summed E-state index contributed by atoms with van der Waals surface area (Å²) in [6, 6.07) is 28.4. The third kappa shape index (κ3) is 5.86. The molecule has 194 valence electrons. The highest BCUT2D eigenvalue weighted by atomic mass is 79.9. The third-order valence-electron chi connectivity index (χ3n) is 6.55. The highest BCUT2D eigenvalue weighted by Gasteiger charge is 2.26. The lowest BCUT2D eigenvalue weighted by molar-refractivity contribution is 0.264. The molecule has 4 aromatic rings. The van der Waals surface area contributed by atoms with Crippen LogP contribution in [0.25, 0.3) is 0 Å². The lowest BCUT2D eigenvalue weighted by atomic mass is 9.92. The van der Waals surface area contributed by atoms with Crippen LogP contribution in [-0.4, -0.2) is 26.5 Å². The number of hydrogen-bond acceptors (Lipinski definition) is 5. The summed E-state index contributed by atoms with van der Waals surface area (Å²) >= 11 is 3.72. The Balaban J connectivity index is 1.40. The first-order chi connectivity index (χ1) is 18.7. The summed E-state index contributed by atoms with van der Waals surface area (Å²) in [5.41, 5.74) is 6.42. The van der Waals surface area contributed by atoms with Crippen LogP contribution in [0.1, 0.15) is 27.8 Å². The first kappa shape index (κ1) is 25.9. The Morgan fingerprint density at radius 2 is 1.45 bits per heavy atom. The Bertz CT molecular complexity index is 1420. The maximum atomic E-state index is 6.24. The van der Waals surface area contributed by atoms with Crippen LogP contribution in [0, 0.1) is 0 Å². The molecule has 0 atom stereocenters. The molecule has 0 saturated heterocycles. The fraction of sp³-hybridized carbons (Fsp3) is 0.219. The molecule has 6 heteroatoms. The van der Waals surface area contributed by atoms with Gasteiger partial charge in [0.25, 0.3) is 0 Å². The molecule has 0 bridgehead atoms. The molecule has 38 heavy (non-hydrogen) atoms. The first-order valence-corrected chi connectivity index (χ1v) is 13.4. The summed E-state index contributed by atoms with van der Waals surface area (Å²) in [6.45, 7) is 1.63. The van der Waals surface area contributed by atoms with E-state index in [1.165, 1.54) is 0 Å². The predicted octanol–water partition coefficient (Wildman–Crippen LogP) is 7.21. The molecule has 0 aromatic heterocycles. The SMILES string of the molecule is COc1cc2c(c(OC)c1OCc1ccccc1)CCN=C2Cc1cc(OCc2ccccc2)ccc1Br. The van der Waals surface area contributed by atoms with Crippen LogP contribution in [0.4, 0.5) is 0 Å². The summed E-state index contributed by atoms with van der Waals surface area (Å²) in [5, 5.41) is 0. The molecule has 0 amide bonds. The van der Waals surface area contributed by atoms with Gasteiger partial charge < -0.3 is 18.9 Å². The van der Waals surface area contributed by atoms with Gasteiger partial charge in [0.05, 0.1) is 14.2 Å². The van der Waals surface area contributed by atoms with Crippen molar-refractivity contribution in [2.75, 3.05) is 20.8 Å². The zero-order chi connectivity index (χ0) is 26.3. The van der Waals surface area contributed by atoms with Crippen molar-refractivity contribution in [3.63, 3.8) is 0 Å². The van der Waals surface area contributed by atoms with Gasteiger partial charge in [-0.1, -0.05) is 76.6 Å². The molecule has 0 unspecified atom stereocenters. The average molecular weight is 572 g/mol. The lowest BCUT2D eigenvalue weighted by Gasteiger charge is -2.24. The van der Waals surface area contributed by atoms with Crippen molar-refractivity contribution >= 4 is 21.6 Å². The number of aliphatic imine (C=N–C) groups is 1. The molecule has 5 rings (SSSR count). The van der Waals surface area contributed by atoms with Crippen LogP contribution in [0.3, 0.4) is 0 Å². The number of ether oxygens (including phenoxy) is 4. The number of methoxy groups -OCH3 is 2. The zero-order valence-electron chi connectivity index (χ0n) is 21.6. The Morgan fingerprint density at radius 3 is 2.11 bits per heavy atom. The van der Waals surface area contributed by atoms with E-state index in [-0.39, 0.29) is 0 Å². The minimum Gasteiger partial charge on any atom is -0.493 e. The number of fused-ring (bicyclic) bond motifs is 1. The van der Waals surface area contributed by atoms with Gasteiger partial charge in [0.1, 0.15) is 19.0 Å². The summed E-state index contributed by atoms with van der Waals surface area (Å²) in [7, 11) is 3.33. The number of halogens is 1. The van der Waals surface area contributed by atoms with Gasteiger partial charge in [-0.05, 0) is 47.4 Å². The Kier molecular flexibility index (Phi) is 8.29. The van der Waals surface area contributed by atoms with Crippen molar-refractivity contribution in [1.29, 1.82) is 0 Å². The number of benzene rings is 4. The molecule has 0 N–H and O–H groups in total. The van der Waals surface area contributed by atoms with E-state index in [0.717, 1.165) is 50.2 Å². The van der Waals surface area contributed by atoms with Crippen LogP contribution in [0.2, 0.25) is 0 Å². The first-order valence-electron chi connectivity index (χ1n) is 12.6. The van der Waals surface area contributed by atoms with E-state index >= 15 is 0 Å². The van der Waals surface area contributed by atoms with E-state index < -0.39 is 0 Å². The largest absolute Gasteiger partial charge is 0.493 e. The van der Waals surface area contributed by atoms with Crippen molar-refractivity contribution in [2.45, 2.75) is 26.1 Å². The van der Waals surface area contributed by atoms with Crippen LogP contribution in [0.15, 0.2) is 94.4 Å². The van der Waals surface area contributed by atoms with E-state index in [2.05, 4.69) is 34.1 Å². The minimum atomic E-state index is 0.427.